The second-order valence-corrected chi connectivity index (χ2v) is 5.84. The van der Waals surface area contributed by atoms with Gasteiger partial charge in [-0.15, -0.1) is 11.3 Å². The first-order chi connectivity index (χ1) is 8.58. The molecule has 0 saturated carbocycles. The third kappa shape index (κ3) is 1.58. The summed E-state index contributed by atoms with van der Waals surface area (Å²) in [5, 5.41) is 0.936. The van der Waals surface area contributed by atoms with Crippen molar-refractivity contribution in [2.45, 2.75) is 19.3 Å². The van der Waals surface area contributed by atoms with Crippen molar-refractivity contribution in [3.63, 3.8) is 0 Å². The molecule has 0 unspecified atom stereocenters. The molecule has 2 N–H and O–H groups in total. The number of aromatic nitrogens is 1. The zero-order chi connectivity index (χ0) is 12.9. The van der Waals surface area contributed by atoms with E-state index in [9.17, 15) is 4.79 Å². The number of thiophene rings is 1. The lowest BCUT2D eigenvalue weighted by molar-refractivity contribution is 0.0833. The molecule has 1 aliphatic carbocycles. The predicted octanol–water partition coefficient (Wildman–Crippen LogP) is 2.07. The Bertz CT molecular complexity index is 645. The van der Waals surface area contributed by atoms with Crippen molar-refractivity contribution in [3.05, 3.63) is 22.2 Å². The number of nitrogens with zero attached hydrogens (tertiary/aromatic N) is 2. The number of nitrogens with two attached hydrogens (primary N) is 1. The van der Waals surface area contributed by atoms with E-state index in [0.717, 1.165) is 23.1 Å². The quantitative estimate of drug-likeness (QED) is 0.855. The summed E-state index contributed by atoms with van der Waals surface area (Å²) in [7, 11) is 3.47. The molecule has 0 spiro atoms. The zero-order valence-corrected chi connectivity index (χ0v) is 11.3. The number of fused-ring (bicyclic) bond motifs is 2. The molecule has 2 aromatic rings. The van der Waals surface area contributed by atoms with Crippen molar-refractivity contribution in [3.8, 4) is 0 Å². The van der Waals surface area contributed by atoms with E-state index < -0.39 is 0 Å². The molecule has 0 radical (unpaired) electrons. The highest BCUT2D eigenvalue weighted by Crippen LogP contribution is 2.36. The molecule has 4 nitrogen and oxygen atoms in total. The maximum Gasteiger partial charge on any atom is 0.265 e. The molecule has 94 valence electrons. The maximum absolute atomic E-state index is 12.0. The van der Waals surface area contributed by atoms with Crippen molar-refractivity contribution in [1.29, 1.82) is 0 Å². The zero-order valence-electron chi connectivity index (χ0n) is 10.5. The highest BCUT2D eigenvalue weighted by atomic mass is 32.1. The van der Waals surface area contributed by atoms with Gasteiger partial charge in [-0.25, -0.2) is 4.98 Å². The van der Waals surface area contributed by atoms with Gasteiger partial charge in [-0.05, 0) is 30.9 Å². The summed E-state index contributed by atoms with van der Waals surface area (Å²) in [6.07, 6.45) is 3.29. The number of carbonyl (C=O) groups excluding carboxylic acids is 1. The fourth-order valence-electron chi connectivity index (χ4n) is 2.36. The normalized spacial score (nSPS) is 13.9. The molecule has 0 atom stereocenters. The molecule has 0 aromatic carbocycles. The second kappa shape index (κ2) is 3.95. The van der Waals surface area contributed by atoms with Gasteiger partial charge in [0.1, 0.15) is 9.71 Å². The summed E-state index contributed by atoms with van der Waals surface area (Å²) in [4.78, 5) is 19.7. The molecule has 1 amide bonds. The third-order valence-electron chi connectivity index (χ3n) is 3.35. The van der Waals surface area contributed by atoms with Crippen molar-refractivity contribution in [2.24, 2.45) is 0 Å². The predicted molar refractivity (Wildman–Crippen MR) is 74.1 cm³/mol. The van der Waals surface area contributed by atoms with Gasteiger partial charge in [-0.1, -0.05) is 0 Å². The van der Waals surface area contributed by atoms with E-state index in [1.807, 2.05) is 0 Å². The first kappa shape index (κ1) is 11.5. The molecule has 1 aliphatic rings. The first-order valence-corrected chi connectivity index (χ1v) is 6.82. The Morgan fingerprint density at radius 1 is 1.44 bits per heavy atom. The van der Waals surface area contributed by atoms with Gasteiger partial charge in [0.25, 0.3) is 5.91 Å². The summed E-state index contributed by atoms with van der Waals surface area (Å²) >= 11 is 1.40. The monoisotopic (exact) mass is 261 g/mol. The van der Waals surface area contributed by atoms with Gasteiger partial charge in [0.15, 0.2) is 0 Å². The smallest absolute Gasteiger partial charge is 0.265 e. The van der Waals surface area contributed by atoms with Gasteiger partial charge < -0.3 is 10.6 Å². The van der Waals surface area contributed by atoms with E-state index in [1.165, 1.54) is 29.0 Å². The first-order valence-electron chi connectivity index (χ1n) is 6.00. The van der Waals surface area contributed by atoms with Crippen LogP contribution >= 0.6 is 11.3 Å². The summed E-state index contributed by atoms with van der Waals surface area (Å²) in [5.74, 6) is -0.0457. The van der Waals surface area contributed by atoms with E-state index >= 15 is 0 Å². The van der Waals surface area contributed by atoms with E-state index in [2.05, 4.69) is 11.1 Å². The molecule has 2 heterocycles. The van der Waals surface area contributed by atoms with Crippen LogP contribution in [0.15, 0.2) is 6.07 Å². The molecule has 0 bridgehead atoms. The minimum atomic E-state index is -0.0457. The number of aryl methyl sites for hydroxylation is 2. The topological polar surface area (TPSA) is 59.2 Å². The number of carbonyl (C=O) groups is 1. The van der Waals surface area contributed by atoms with Crippen LogP contribution in [0, 0.1) is 0 Å². The van der Waals surface area contributed by atoms with E-state index in [0.29, 0.717) is 10.6 Å². The van der Waals surface area contributed by atoms with Gasteiger partial charge >= 0.3 is 0 Å². The standard InChI is InChI=1S/C13H15N3OS/c1-16(2)13(17)11-10(14)8-6-7-4-3-5-9(7)15-12(8)18-11/h6H,3-5,14H2,1-2H3. The lowest BCUT2D eigenvalue weighted by atomic mass is 10.1. The molecule has 0 saturated heterocycles. The lowest BCUT2D eigenvalue weighted by Gasteiger charge is -2.08. The number of anilines is 1. The highest BCUT2D eigenvalue weighted by Gasteiger charge is 2.21. The van der Waals surface area contributed by atoms with Crippen LogP contribution in [-0.2, 0) is 12.8 Å². The van der Waals surface area contributed by atoms with Gasteiger partial charge in [0.2, 0.25) is 0 Å². The van der Waals surface area contributed by atoms with Gasteiger partial charge in [0, 0.05) is 25.2 Å². The largest absolute Gasteiger partial charge is 0.397 e. The number of pyridine rings is 1. The number of amides is 1. The molecule has 18 heavy (non-hydrogen) atoms. The van der Waals surface area contributed by atoms with Crippen molar-refractivity contribution in [2.75, 3.05) is 19.8 Å². The van der Waals surface area contributed by atoms with E-state index in [4.69, 9.17) is 5.73 Å². The average molecular weight is 261 g/mol. The summed E-state index contributed by atoms with van der Waals surface area (Å²) in [5.41, 5.74) is 9.14. The Hall–Kier alpha value is -1.62. The van der Waals surface area contributed by atoms with Crippen molar-refractivity contribution >= 4 is 33.1 Å². The van der Waals surface area contributed by atoms with Gasteiger partial charge in [-0.2, -0.15) is 0 Å². The maximum atomic E-state index is 12.0. The molecular weight excluding hydrogens is 246 g/mol. The Balaban J connectivity index is 2.20. The Labute approximate surface area is 109 Å². The van der Waals surface area contributed by atoms with Crippen LogP contribution in [-0.4, -0.2) is 29.9 Å². The second-order valence-electron chi connectivity index (χ2n) is 4.84. The van der Waals surface area contributed by atoms with Crippen LogP contribution < -0.4 is 5.73 Å². The number of rotatable bonds is 1. The van der Waals surface area contributed by atoms with Crippen molar-refractivity contribution in [1.82, 2.24) is 9.88 Å². The average Bonchev–Trinajstić information content (AvgIpc) is 2.90. The molecule has 2 aromatic heterocycles. The summed E-state index contributed by atoms with van der Waals surface area (Å²) < 4.78 is 0. The Morgan fingerprint density at radius 3 is 2.94 bits per heavy atom. The van der Waals surface area contributed by atoms with Crippen LogP contribution in [0.25, 0.3) is 10.2 Å². The van der Waals surface area contributed by atoms with Crippen LogP contribution in [0.2, 0.25) is 0 Å². The number of hydrogen-bond donors (Lipinski definition) is 1. The summed E-state index contributed by atoms with van der Waals surface area (Å²) in [6.45, 7) is 0. The molecule has 5 heteroatoms. The highest BCUT2D eigenvalue weighted by molar-refractivity contribution is 7.21. The minimum Gasteiger partial charge on any atom is -0.397 e. The molecule has 0 fully saturated rings. The van der Waals surface area contributed by atoms with Crippen LogP contribution in [0.4, 0.5) is 5.69 Å². The van der Waals surface area contributed by atoms with Crippen LogP contribution in [0.5, 0.6) is 0 Å². The molecule has 0 aliphatic heterocycles. The van der Waals surface area contributed by atoms with Crippen molar-refractivity contribution < 1.29 is 4.79 Å². The van der Waals surface area contributed by atoms with Crippen LogP contribution in [0.1, 0.15) is 27.3 Å². The SMILES string of the molecule is CN(C)C(=O)c1sc2nc3c(cc2c1N)CCC3. The Kier molecular flexibility index (Phi) is 2.52. The van der Waals surface area contributed by atoms with E-state index in [-0.39, 0.29) is 5.91 Å². The minimum absolute atomic E-state index is 0.0457. The Morgan fingerprint density at radius 2 is 2.22 bits per heavy atom. The number of nitrogen functional groups attached to an aromatic ring is 1. The molecule has 3 rings (SSSR count). The molecular formula is C13H15N3OS. The summed E-state index contributed by atoms with van der Waals surface area (Å²) in [6, 6.07) is 2.11. The van der Waals surface area contributed by atoms with Gasteiger partial charge in [-0.3, -0.25) is 4.79 Å². The number of hydrogen-bond acceptors (Lipinski definition) is 4. The third-order valence-corrected chi connectivity index (χ3v) is 4.45. The lowest BCUT2D eigenvalue weighted by Crippen LogP contribution is -2.21. The fraction of sp³-hybridized carbons (Fsp3) is 0.385. The van der Waals surface area contributed by atoms with E-state index in [1.54, 1.807) is 19.0 Å². The van der Waals surface area contributed by atoms with Crippen LogP contribution in [0.3, 0.4) is 0 Å². The fourth-order valence-corrected chi connectivity index (χ4v) is 3.48. The van der Waals surface area contributed by atoms with Gasteiger partial charge in [0.05, 0.1) is 5.69 Å².